The van der Waals surface area contributed by atoms with Crippen molar-refractivity contribution < 1.29 is 13.5 Å². The van der Waals surface area contributed by atoms with E-state index in [2.05, 4.69) is 5.32 Å². The number of aryl methyl sites for hydroxylation is 1. The maximum atomic E-state index is 11.3. The number of sulfonamides is 1. The van der Waals surface area contributed by atoms with Crippen molar-refractivity contribution in [2.24, 2.45) is 5.14 Å². The molecule has 2 aromatic carbocycles. The van der Waals surface area contributed by atoms with Gasteiger partial charge in [0.1, 0.15) is 0 Å². The van der Waals surface area contributed by atoms with Crippen LogP contribution in [0.5, 0.6) is 0 Å². The van der Waals surface area contributed by atoms with Crippen LogP contribution >= 0.6 is 11.6 Å². The third-order valence-corrected chi connectivity index (χ3v) is 4.14. The van der Waals surface area contributed by atoms with Crippen LogP contribution in [0.2, 0.25) is 5.02 Å². The Hall–Kier alpha value is -1.60. The zero-order valence-corrected chi connectivity index (χ0v) is 12.8. The summed E-state index contributed by atoms with van der Waals surface area (Å²) in [6.07, 6.45) is -0.988. The van der Waals surface area contributed by atoms with Gasteiger partial charge in [-0.05, 0) is 42.8 Å². The van der Waals surface area contributed by atoms with E-state index in [1.54, 1.807) is 30.3 Å². The van der Waals surface area contributed by atoms with Crippen molar-refractivity contribution in [1.82, 2.24) is 0 Å². The zero-order valence-electron chi connectivity index (χ0n) is 11.2. The number of halogens is 1. The van der Waals surface area contributed by atoms with Crippen LogP contribution in [-0.4, -0.2) is 13.5 Å². The van der Waals surface area contributed by atoms with Gasteiger partial charge in [-0.25, -0.2) is 13.6 Å². The number of hydrogen-bond donors (Lipinski definition) is 3. The van der Waals surface area contributed by atoms with Crippen LogP contribution in [0.1, 0.15) is 17.4 Å². The third-order valence-electron chi connectivity index (χ3n) is 2.99. The third kappa shape index (κ3) is 3.95. The molecule has 5 nitrogen and oxygen atoms in total. The van der Waals surface area contributed by atoms with E-state index >= 15 is 0 Å². The fraction of sp³-hybridized carbons (Fsp3) is 0.143. The Morgan fingerprint density at radius 3 is 2.57 bits per heavy atom. The van der Waals surface area contributed by atoms with Gasteiger partial charge in [-0.3, -0.25) is 0 Å². The van der Waals surface area contributed by atoms with Gasteiger partial charge in [-0.1, -0.05) is 23.7 Å². The molecule has 4 N–H and O–H groups in total. The second kappa shape index (κ2) is 6.03. The van der Waals surface area contributed by atoms with Crippen LogP contribution in [0, 0.1) is 6.92 Å². The van der Waals surface area contributed by atoms with E-state index in [1.807, 2.05) is 6.92 Å². The molecule has 21 heavy (non-hydrogen) atoms. The molecule has 0 aliphatic rings. The van der Waals surface area contributed by atoms with Crippen molar-refractivity contribution in [3.05, 3.63) is 58.6 Å². The van der Waals surface area contributed by atoms with Gasteiger partial charge in [0.25, 0.3) is 0 Å². The van der Waals surface area contributed by atoms with Gasteiger partial charge >= 0.3 is 0 Å². The lowest BCUT2D eigenvalue weighted by Crippen LogP contribution is -2.14. The van der Waals surface area contributed by atoms with Gasteiger partial charge < -0.3 is 10.4 Å². The molecule has 1 atom stereocenters. The van der Waals surface area contributed by atoms with Crippen molar-refractivity contribution in [1.29, 1.82) is 0 Å². The molecule has 0 heterocycles. The Kier molecular flexibility index (Phi) is 4.53. The highest BCUT2D eigenvalue weighted by atomic mass is 35.5. The predicted molar refractivity (Wildman–Crippen MR) is 82.6 cm³/mol. The molecule has 0 aliphatic heterocycles. The molecule has 0 saturated carbocycles. The standard InChI is InChI=1S/C14H15ClN2O3S/c1-9-7-10(15)5-6-13(9)14(18)17-11-3-2-4-12(8-11)21(16,19)20/h2-8,14,17-18H,1H3,(H2,16,19,20). The molecule has 2 rings (SSSR count). The Labute approximate surface area is 128 Å². The zero-order chi connectivity index (χ0) is 15.6. The smallest absolute Gasteiger partial charge is 0.238 e. The Balaban J connectivity index is 2.25. The first-order chi connectivity index (χ1) is 9.77. The fourth-order valence-electron chi connectivity index (χ4n) is 1.94. The summed E-state index contributed by atoms with van der Waals surface area (Å²) in [6.45, 7) is 1.83. The summed E-state index contributed by atoms with van der Waals surface area (Å²) in [5, 5.41) is 18.7. The molecule has 0 bridgehead atoms. The number of aliphatic hydroxyl groups is 1. The summed E-state index contributed by atoms with van der Waals surface area (Å²) >= 11 is 5.87. The summed E-state index contributed by atoms with van der Waals surface area (Å²) < 4.78 is 22.6. The highest BCUT2D eigenvalue weighted by Crippen LogP contribution is 2.24. The molecule has 0 spiro atoms. The molecular formula is C14H15ClN2O3S. The summed E-state index contributed by atoms with van der Waals surface area (Å²) in [5.74, 6) is 0. The molecule has 1 unspecified atom stereocenters. The normalized spacial score (nSPS) is 13.0. The van der Waals surface area contributed by atoms with E-state index in [-0.39, 0.29) is 4.90 Å². The van der Waals surface area contributed by atoms with E-state index in [1.165, 1.54) is 12.1 Å². The van der Waals surface area contributed by atoms with Crippen molar-refractivity contribution in [3.63, 3.8) is 0 Å². The number of primary sulfonamides is 1. The first kappa shape index (κ1) is 15.8. The second-order valence-corrected chi connectivity index (χ2v) is 6.62. The SMILES string of the molecule is Cc1cc(Cl)ccc1C(O)Nc1cccc(S(N)(=O)=O)c1. The first-order valence-corrected chi connectivity index (χ1v) is 8.03. The molecule has 0 aliphatic carbocycles. The van der Waals surface area contributed by atoms with Crippen LogP contribution in [0.15, 0.2) is 47.4 Å². The number of anilines is 1. The minimum atomic E-state index is -3.78. The van der Waals surface area contributed by atoms with Crippen LogP contribution in [-0.2, 0) is 10.0 Å². The monoisotopic (exact) mass is 326 g/mol. The van der Waals surface area contributed by atoms with Gasteiger partial charge in [0.2, 0.25) is 10.0 Å². The molecule has 0 aromatic heterocycles. The quantitative estimate of drug-likeness (QED) is 0.752. The first-order valence-electron chi connectivity index (χ1n) is 6.11. The average molecular weight is 327 g/mol. The van der Waals surface area contributed by atoms with Crippen LogP contribution in [0.4, 0.5) is 5.69 Å². The number of rotatable bonds is 4. The molecule has 0 fully saturated rings. The largest absolute Gasteiger partial charge is 0.369 e. The Morgan fingerprint density at radius 1 is 1.24 bits per heavy atom. The molecule has 0 radical (unpaired) electrons. The second-order valence-electron chi connectivity index (χ2n) is 4.62. The lowest BCUT2D eigenvalue weighted by molar-refractivity contribution is 0.207. The predicted octanol–water partition coefficient (Wildman–Crippen LogP) is 2.40. The number of aliphatic hydroxyl groups excluding tert-OH is 1. The van der Waals surface area contributed by atoms with Gasteiger partial charge in [-0.15, -0.1) is 0 Å². The van der Waals surface area contributed by atoms with Gasteiger partial charge in [0, 0.05) is 16.3 Å². The molecular weight excluding hydrogens is 312 g/mol. The van der Waals surface area contributed by atoms with Crippen LogP contribution in [0.25, 0.3) is 0 Å². The maximum Gasteiger partial charge on any atom is 0.238 e. The van der Waals surface area contributed by atoms with E-state index in [0.29, 0.717) is 16.3 Å². The Morgan fingerprint density at radius 2 is 1.95 bits per heavy atom. The molecule has 0 saturated heterocycles. The molecule has 2 aromatic rings. The minimum Gasteiger partial charge on any atom is -0.369 e. The highest BCUT2D eigenvalue weighted by molar-refractivity contribution is 7.89. The van der Waals surface area contributed by atoms with Crippen LogP contribution in [0.3, 0.4) is 0 Å². The van der Waals surface area contributed by atoms with E-state index in [0.717, 1.165) is 5.56 Å². The lowest BCUT2D eigenvalue weighted by atomic mass is 10.1. The number of nitrogens with two attached hydrogens (primary N) is 1. The van der Waals surface area contributed by atoms with Crippen molar-refractivity contribution >= 4 is 27.3 Å². The minimum absolute atomic E-state index is 0.0208. The molecule has 0 amide bonds. The maximum absolute atomic E-state index is 11.3. The number of benzene rings is 2. The van der Waals surface area contributed by atoms with Gasteiger partial charge in [0.05, 0.1) is 4.90 Å². The number of hydrogen-bond acceptors (Lipinski definition) is 4. The summed E-state index contributed by atoms with van der Waals surface area (Å²) in [6, 6.07) is 11.1. The van der Waals surface area contributed by atoms with Crippen LogP contribution < -0.4 is 10.5 Å². The van der Waals surface area contributed by atoms with Crippen molar-refractivity contribution in [2.45, 2.75) is 18.0 Å². The number of nitrogens with one attached hydrogen (secondary N) is 1. The summed E-state index contributed by atoms with van der Waals surface area (Å²) in [7, 11) is -3.78. The van der Waals surface area contributed by atoms with E-state index in [9.17, 15) is 13.5 Å². The summed E-state index contributed by atoms with van der Waals surface area (Å²) in [4.78, 5) is -0.0208. The van der Waals surface area contributed by atoms with Crippen molar-refractivity contribution in [2.75, 3.05) is 5.32 Å². The topological polar surface area (TPSA) is 92.4 Å². The fourth-order valence-corrected chi connectivity index (χ4v) is 2.73. The lowest BCUT2D eigenvalue weighted by Gasteiger charge is -2.17. The Bertz CT molecular complexity index is 763. The molecule has 112 valence electrons. The molecule has 7 heteroatoms. The summed E-state index contributed by atoms with van der Waals surface area (Å²) in [5.41, 5.74) is 1.92. The van der Waals surface area contributed by atoms with E-state index < -0.39 is 16.3 Å². The van der Waals surface area contributed by atoms with Gasteiger partial charge in [-0.2, -0.15) is 0 Å². The van der Waals surface area contributed by atoms with Crippen molar-refractivity contribution in [3.8, 4) is 0 Å². The average Bonchev–Trinajstić information content (AvgIpc) is 2.37. The highest BCUT2D eigenvalue weighted by Gasteiger charge is 2.12. The van der Waals surface area contributed by atoms with E-state index in [4.69, 9.17) is 16.7 Å². The van der Waals surface area contributed by atoms with Gasteiger partial charge in [0.15, 0.2) is 6.23 Å².